The summed E-state index contributed by atoms with van der Waals surface area (Å²) in [5.74, 6) is -0.772. The van der Waals surface area contributed by atoms with Gasteiger partial charge in [-0.3, -0.25) is 4.79 Å². The first-order valence-electron chi connectivity index (χ1n) is 8.50. The number of H-pyrrole nitrogens is 1. The van der Waals surface area contributed by atoms with Crippen molar-refractivity contribution in [2.75, 3.05) is 17.7 Å². The van der Waals surface area contributed by atoms with Crippen LogP contribution in [0.4, 0.5) is 17.1 Å². The van der Waals surface area contributed by atoms with E-state index < -0.39 is 5.97 Å². The zero-order chi connectivity index (χ0) is 19.4. The number of nitrogens with one attached hydrogen (secondary N) is 3. The molecule has 1 heterocycles. The molecule has 6 nitrogen and oxygen atoms in total. The van der Waals surface area contributed by atoms with Crippen LogP contribution in [0.25, 0.3) is 0 Å². The van der Waals surface area contributed by atoms with Crippen molar-refractivity contribution in [1.82, 2.24) is 4.98 Å². The number of anilines is 3. The lowest BCUT2D eigenvalue weighted by Crippen LogP contribution is -2.14. The van der Waals surface area contributed by atoms with Crippen molar-refractivity contribution in [2.24, 2.45) is 0 Å². The van der Waals surface area contributed by atoms with E-state index in [4.69, 9.17) is 4.74 Å². The van der Waals surface area contributed by atoms with Crippen LogP contribution in [0.3, 0.4) is 0 Å². The molecule has 0 fully saturated rings. The van der Waals surface area contributed by atoms with Gasteiger partial charge in [0.25, 0.3) is 5.91 Å². The van der Waals surface area contributed by atoms with Crippen LogP contribution < -0.4 is 10.6 Å². The molecule has 0 aliphatic rings. The molecule has 0 radical (unpaired) electrons. The first kappa shape index (κ1) is 18.3. The molecule has 3 N–H and O–H groups in total. The second kappa shape index (κ2) is 7.78. The van der Waals surface area contributed by atoms with Crippen LogP contribution in [-0.4, -0.2) is 24.0 Å². The molecule has 27 heavy (non-hydrogen) atoms. The molecule has 0 saturated heterocycles. The van der Waals surface area contributed by atoms with Gasteiger partial charge >= 0.3 is 5.97 Å². The van der Waals surface area contributed by atoms with Gasteiger partial charge in [-0.1, -0.05) is 18.2 Å². The Bertz CT molecular complexity index is 960. The lowest BCUT2D eigenvalue weighted by Gasteiger charge is -2.09. The highest BCUT2D eigenvalue weighted by Crippen LogP contribution is 2.22. The van der Waals surface area contributed by atoms with Crippen LogP contribution >= 0.6 is 0 Å². The maximum Gasteiger partial charge on any atom is 0.339 e. The van der Waals surface area contributed by atoms with E-state index in [1.807, 2.05) is 54.6 Å². The van der Waals surface area contributed by atoms with Gasteiger partial charge in [0, 0.05) is 22.8 Å². The number of aryl methyl sites for hydroxylation is 1. The van der Waals surface area contributed by atoms with Gasteiger partial charge in [0.2, 0.25) is 0 Å². The molecule has 0 aliphatic carbocycles. The normalized spacial score (nSPS) is 10.3. The van der Waals surface area contributed by atoms with Crippen LogP contribution in [0.15, 0.2) is 54.6 Å². The number of ether oxygens (including phenoxy) is 1. The van der Waals surface area contributed by atoms with E-state index in [9.17, 15) is 9.59 Å². The third kappa shape index (κ3) is 4.00. The molecule has 0 bridgehead atoms. The van der Waals surface area contributed by atoms with Crippen molar-refractivity contribution < 1.29 is 14.3 Å². The lowest BCUT2D eigenvalue weighted by molar-refractivity contribution is 0.0599. The van der Waals surface area contributed by atoms with E-state index in [-0.39, 0.29) is 5.91 Å². The summed E-state index contributed by atoms with van der Waals surface area (Å²) in [6.07, 6.45) is 0. The van der Waals surface area contributed by atoms with Crippen molar-refractivity contribution in [3.05, 3.63) is 77.1 Å². The minimum absolute atomic E-state index is 0.311. The highest BCUT2D eigenvalue weighted by atomic mass is 16.5. The summed E-state index contributed by atoms with van der Waals surface area (Å²) in [7, 11) is 1.32. The number of carbonyl (C=O) groups is 2. The highest BCUT2D eigenvalue weighted by molar-refractivity contribution is 6.06. The summed E-state index contributed by atoms with van der Waals surface area (Å²) in [4.78, 5) is 27.4. The number of aromatic nitrogens is 1. The van der Waals surface area contributed by atoms with Crippen LogP contribution in [-0.2, 0) is 4.74 Å². The largest absolute Gasteiger partial charge is 0.465 e. The number of aromatic amines is 1. The Balaban J connectivity index is 1.72. The molecule has 3 rings (SSSR count). The number of para-hydroxylation sites is 1. The summed E-state index contributed by atoms with van der Waals surface area (Å²) in [5, 5.41) is 6.12. The second-order valence-corrected chi connectivity index (χ2v) is 6.14. The Kier molecular flexibility index (Phi) is 5.26. The third-order valence-corrected chi connectivity index (χ3v) is 4.26. The van der Waals surface area contributed by atoms with Gasteiger partial charge in [0.15, 0.2) is 0 Å². The number of methoxy groups -OCH3 is 1. The van der Waals surface area contributed by atoms with Crippen LogP contribution in [0, 0.1) is 13.8 Å². The molecule has 3 aromatic rings. The number of hydrogen-bond donors (Lipinski definition) is 3. The smallest absolute Gasteiger partial charge is 0.339 e. The summed E-state index contributed by atoms with van der Waals surface area (Å²) in [6, 6.07) is 17.2. The van der Waals surface area contributed by atoms with Crippen molar-refractivity contribution in [3.8, 4) is 0 Å². The molecular weight excluding hydrogens is 342 g/mol. The van der Waals surface area contributed by atoms with E-state index in [1.54, 1.807) is 13.8 Å². The van der Waals surface area contributed by atoms with E-state index in [0.717, 1.165) is 11.4 Å². The summed E-state index contributed by atoms with van der Waals surface area (Å²) in [5.41, 5.74) is 4.47. The number of amides is 1. The van der Waals surface area contributed by atoms with Crippen LogP contribution in [0.2, 0.25) is 0 Å². The Morgan fingerprint density at radius 1 is 0.889 bits per heavy atom. The van der Waals surface area contributed by atoms with Gasteiger partial charge in [-0.15, -0.1) is 0 Å². The zero-order valence-electron chi connectivity index (χ0n) is 15.4. The second-order valence-electron chi connectivity index (χ2n) is 6.14. The predicted octanol–water partition coefficient (Wildman–Crippen LogP) is 4.41. The van der Waals surface area contributed by atoms with Gasteiger partial charge in [-0.25, -0.2) is 4.79 Å². The molecular formula is C21H21N3O3. The molecule has 138 valence electrons. The molecule has 0 spiro atoms. The third-order valence-electron chi connectivity index (χ3n) is 4.26. The van der Waals surface area contributed by atoms with E-state index in [0.29, 0.717) is 28.2 Å². The first-order chi connectivity index (χ1) is 13.0. The first-order valence-corrected chi connectivity index (χ1v) is 8.50. The number of benzene rings is 2. The van der Waals surface area contributed by atoms with E-state index in [2.05, 4.69) is 15.6 Å². The fraction of sp³-hybridized carbons (Fsp3) is 0.143. The lowest BCUT2D eigenvalue weighted by atomic mass is 10.1. The van der Waals surface area contributed by atoms with Gasteiger partial charge in [-0.2, -0.15) is 0 Å². The summed E-state index contributed by atoms with van der Waals surface area (Å²) >= 11 is 0. The topological polar surface area (TPSA) is 83.2 Å². The number of hydrogen-bond acceptors (Lipinski definition) is 4. The van der Waals surface area contributed by atoms with Crippen molar-refractivity contribution in [2.45, 2.75) is 13.8 Å². The van der Waals surface area contributed by atoms with Crippen molar-refractivity contribution in [1.29, 1.82) is 0 Å². The highest BCUT2D eigenvalue weighted by Gasteiger charge is 2.22. The Hall–Kier alpha value is -3.54. The molecule has 0 unspecified atom stereocenters. The maximum absolute atomic E-state index is 12.6. The van der Waals surface area contributed by atoms with Crippen LogP contribution in [0.5, 0.6) is 0 Å². The maximum atomic E-state index is 12.6. The fourth-order valence-electron chi connectivity index (χ4n) is 2.90. The Labute approximate surface area is 157 Å². The average Bonchev–Trinajstić information content (AvgIpc) is 2.98. The Morgan fingerprint density at radius 3 is 2.11 bits per heavy atom. The van der Waals surface area contributed by atoms with Crippen molar-refractivity contribution >= 4 is 28.9 Å². The standard InChI is InChI=1S/C21H21N3O3/c1-13-18(21(26)27-3)14(2)22-19(13)20(25)24-17-11-9-16(10-12-17)23-15-7-5-4-6-8-15/h4-12,22-23H,1-3H3,(H,24,25). The molecule has 0 aliphatic heterocycles. The molecule has 6 heteroatoms. The van der Waals surface area contributed by atoms with Gasteiger partial charge in [-0.05, 0) is 55.8 Å². The van der Waals surface area contributed by atoms with E-state index >= 15 is 0 Å². The molecule has 0 saturated carbocycles. The Morgan fingerprint density at radius 2 is 1.48 bits per heavy atom. The minimum atomic E-state index is -0.461. The molecule has 1 aromatic heterocycles. The van der Waals surface area contributed by atoms with Gasteiger partial charge in [0.05, 0.1) is 12.7 Å². The summed E-state index contributed by atoms with van der Waals surface area (Å²) < 4.78 is 4.77. The number of rotatable bonds is 5. The van der Waals surface area contributed by atoms with Gasteiger partial charge in [0.1, 0.15) is 5.69 Å². The molecule has 2 aromatic carbocycles. The summed E-state index contributed by atoms with van der Waals surface area (Å²) in [6.45, 7) is 3.46. The van der Waals surface area contributed by atoms with Crippen molar-refractivity contribution in [3.63, 3.8) is 0 Å². The van der Waals surface area contributed by atoms with Gasteiger partial charge < -0.3 is 20.4 Å². The average molecular weight is 363 g/mol. The fourth-order valence-corrected chi connectivity index (χ4v) is 2.90. The molecule has 1 amide bonds. The minimum Gasteiger partial charge on any atom is -0.465 e. The molecule has 0 atom stereocenters. The van der Waals surface area contributed by atoms with Crippen LogP contribution in [0.1, 0.15) is 32.1 Å². The zero-order valence-corrected chi connectivity index (χ0v) is 15.4. The monoisotopic (exact) mass is 363 g/mol. The number of esters is 1. The predicted molar refractivity (Wildman–Crippen MR) is 106 cm³/mol. The quantitative estimate of drug-likeness (QED) is 0.586. The number of carbonyl (C=O) groups excluding carboxylic acids is 2. The van der Waals surface area contributed by atoms with E-state index in [1.165, 1.54) is 7.11 Å². The SMILES string of the molecule is COC(=O)c1c(C)[nH]c(C(=O)Nc2ccc(Nc3ccccc3)cc2)c1C.